The fourth-order valence-electron chi connectivity index (χ4n) is 2.35. The van der Waals surface area contributed by atoms with Gasteiger partial charge in [-0.1, -0.05) is 19.1 Å². The molecule has 0 spiro atoms. The van der Waals surface area contributed by atoms with Crippen molar-refractivity contribution in [1.29, 1.82) is 0 Å². The largest absolute Gasteiger partial charge is 0.399 e. The van der Waals surface area contributed by atoms with Gasteiger partial charge in [-0.05, 0) is 48.0 Å². The van der Waals surface area contributed by atoms with Crippen LogP contribution in [0.2, 0.25) is 0 Å². The van der Waals surface area contributed by atoms with Gasteiger partial charge in [0.05, 0.1) is 0 Å². The summed E-state index contributed by atoms with van der Waals surface area (Å²) in [6.45, 7) is 2.09. The number of benzene rings is 1. The molecule has 0 radical (unpaired) electrons. The molecule has 1 saturated heterocycles. The Balaban J connectivity index is 1.82. The van der Waals surface area contributed by atoms with E-state index in [4.69, 9.17) is 5.73 Å². The zero-order valence-corrected chi connectivity index (χ0v) is 12.2. The second kappa shape index (κ2) is 6.85. The van der Waals surface area contributed by atoms with Crippen LogP contribution in [0.5, 0.6) is 0 Å². The molecule has 0 aliphatic carbocycles. The lowest BCUT2D eigenvalue weighted by Crippen LogP contribution is -2.37. The highest BCUT2D eigenvalue weighted by Gasteiger charge is 2.17. The van der Waals surface area contributed by atoms with Crippen molar-refractivity contribution in [1.82, 2.24) is 5.32 Å². The minimum atomic E-state index is 0.168. The van der Waals surface area contributed by atoms with Gasteiger partial charge >= 0.3 is 0 Å². The van der Waals surface area contributed by atoms with Crippen LogP contribution in [0.4, 0.5) is 5.69 Å². The fourth-order valence-corrected chi connectivity index (χ4v) is 3.46. The highest BCUT2D eigenvalue weighted by Crippen LogP contribution is 2.21. The molecule has 0 saturated carbocycles. The number of nitrogens with two attached hydrogens (primary N) is 1. The Morgan fingerprint density at radius 3 is 2.63 bits per heavy atom. The van der Waals surface area contributed by atoms with Crippen LogP contribution < -0.4 is 11.1 Å². The van der Waals surface area contributed by atoms with Crippen molar-refractivity contribution in [3.05, 3.63) is 29.8 Å². The van der Waals surface area contributed by atoms with E-state index in [2.05, 4.69) is 12.2 Å². The number of nitrogen functional groups attached to an aromatic ring is 1. The lowest BCUT2D eigenvalue weighted by atomic mass is 9.97. The third-order valence-electron chi connectivity index (χ3n) is 3.58. The maximum Gasteiger partial charge on any atom is 0.220 e. The first kappa shape index (κ1) is 14.3. The van der Waals surface area contributed by atoms with E-state index in [0.717, 1.165) is 18.5 Å². The van der Waals surface area contributed by atoms with Gasteiger partial charge < -0.3 is 11.1 Å². The first-order chi connectivity index (χ1) is 9.15. The van der Waals surface area contributed by atoms with E-state index < -0.39 is 0 Å². The van der Waals surface area contributed by atoms with Gasteiger partial charge in [0.15, 0.2) is 0 Å². The number of carbonyl (C=O) groups is 1. The van der Waals surface area contributed by atoms with E-state index in [-0.39, 0.29) is 11.8 Å². The molecule has 1 amide bonds. The second-order valence-electron chi connectivity index (χ2n) is 5.23. The molecule has 0 aromatic heterocycles. The Morgan fingerprint density at radius 2 is 2.00 bits per heavy atom. The van der Waals surface area contributed by atoms with Crippen LogP contribution in [-0.2, 0) is 4.79 Å². The number of carbonyl (C=O) groups excluding carboxylic acids is 1. The zero-order chi connectivity index (χ0) is 13.7. The normalized spacial score (nSPS) is 17.9. The molecule has 1 aliphatic heterocycles. The molecule has 3 N–H and O–H groups in total. The van der Waals surface area contributed by atoms with Crippen molar-refractivity contribution in [2.24, 2.45) is 0 Å². The van der Waals surface area contributed by atoms with Crippen molar-refractivity contribution >= 4 is 23.4 Å². The van der Waals surface area contributed by atoms with E-state index in [1.54, 1.807) is 0 Å². The molecule has 3 nitrogen and oxygen atoms in total. The van der Waals surface area contributed by atoms with Crippen molar-refractivity contribution in [2.45, 2.75) is 38.1 Å². The maximum absolute atomic E-state index is 12.0. The average molecular weight is 278 g/mol. The monoisotopic (exact) mass is 278 g/mol. The van der Waals surface area contributed by atoms with Gasteiger partial charge in [0.2, 0.25) is 5.91 Å². The molecule has 19 heavy (non-hydrogen) atoms. The Bertz CT molecular complexity index is 413. The summed E-state index contributed by atoms with van der Waals surface area (Å²) in [5.41, 5.74) is 7.60. The quantitative estimate of drug-likeness (QED) is 0.833. The van der Waals surface area contributed by atoms with Crippen molar-refractivity contribution < 1.29 is 4.79 Å². The van der Waals surface area contributed by atoms with Crippen molar-refractivity contribution in [2.75, 3.05) is 17.2 Å². The van der Waals surface area contributed by atoms with E-state index >= 15 is 0 Å². The van der Waals surface area contributed by atoms with Crippen LogP contribution >= 0.6 is 11.8 Å². The van der Waals surface area contributed by atoms with E-state index in [9.17, 15) is 4.79 Å². The predicted octanol–water partition coefficient (Wildman–Crippen LogP) is 2.77. The number of amides is 1. The highest BCUT2D eigenvalue weighted by molar-refractivity contribution is 7.99. The van der Waals surface area contributed by atoms with Crippen molar-refractivity contribution in [3.63, 3.8) is 0 Å². The standard InChI is InChI=1S/C15H22N2OS/c1-11(12-2-4-13(16)5-3-12)10-15(18)17-14-6-8-19-9-7-14/h2-5,11,14H,6-10,16H2,1H3,(H,17,18). The molecule has 1 atom stereocenters. The average Bonchev–Trinajstić information content (AvgIpc) is 2.40. The summed E-state index contributed by atoms with van der Waals surface area (Å²) in [5, 5.41) is 3.15. The topological polar surface area (TPSA) is 55.1 Å². The molecule has 1 aromatic carbocycles. The Morgan fingerprint density at radius 1 is 1.37 bits per heavy atom. The number of anilines is 1. The summed E-state index contributed by atoms with van der Waals surface area (Å²) in [7, 11) is 0. The Kier molecular flexibility index (Phi) is 5.14. The minimum Gasteiger partial charge on any atom is -0.399 e. The number of hydrogen-bond donors (Lipinski definition) is 2. The summed E-state index contributed by atoms with van der Waals surface area (Å²) < 4.78 is 0. The molecule has 4 heteroatoms. The zero-order valence-electron chi connectivity index (χ0n) is 11.4. The van der Waals surface area contributed by atoms with Crippen LogP contribution in [0.15, 0.2) is 24.3 Å². The Hall–Kier alpha value is -1.16. The van der Waals surface area contributed by atoms with Gasteiger partial charge in [0.25, 0.3) is 0 Å². The number of hydrogen-bond acceptors (Lipinski definition) is 3. The van der Waals surface area contributed by atoms with Crippen LogP contribution in [0.3, 0.4) is 0 Å². The smallest absolute Gasteiger partial charge is 0.220 e. The summed E-state index contributed by atoms with van der Waals surface area (Å²) in [6.07, 6.45) is 2.76. The van der Waals surface area contributed by atoms with E-state index in [0.29, 0.717) is 12.5 Å². The summed E-state index contributed by atoms with van der Waals surface area (Å²) >= 11 is 1.97. The molecule has 2 rings (SSSR count). The Labute approximate surface area is 119 Å². The SMILES string of the molecule is CC(CC(=O)NC1CCSCC1)c1ccc(N)cc1. The summed E-state index contributed by atoms with van der Waals surface area (Å²) in [5.74, 6) is 2.73. The van der Waals surface area contributed by atoms with E-state index in [1.807, 2.05) is 36.0 Å². The number of nitrogens with one attached hydrogen (secondary N) is 1. The fraction of sp³-hybridized carbons (Fsp3) is 0.533. The highest BCUT2D eigenvalue weighted by atomic mass is 32.2. The summed E-state index contributed by atoms with van der Waals surface area (Å²) in [6, 6.07) is 8.17. The lowest BCUT2D eigenvalue weighted by Gasteiger charge is -2.23. The van der Waals surface area contributed by atoms with E-state index in [1.165, 1.54) is 17.1 Å². The molecule has 0 bridgehead atoms. The van der Waals surface area contributed by atoms with Gasteiger partial charge in [0.1, 0.15) is 0 Å². The summed E-state index contributed by atoms with van der Waals surface area (Å²) in [4.78, 5) is 12.0. The van der Waals surface area contributed by atoms with Crippen molar-refractivity contribution in [3.8, 4) is 0 Å². The van der Waals surface area contributed by atoms with Crippen LogP contribution in [0.1, 0.15) is 37.7 Å². The van der Waals surface area contributed by atoms with Gasteiger partial charge in [-0.2, -0.15) is 11.8 Å². The van der Waals surface area contributed by atoms with Gasteiger partial charge in [-0.3, -0.25) is 4.79 Å². The third kappa shape index (κ3) is 4.46. The first-order valence-corrected chi connectivity index (χ1v) is 8.03. The van der Waals surface area contributed by atoms with Crippen LogP contribution in [-0.4, -0.2) is 23.5 Å². The molecule has 1 aliphatic rings. The second-order valence-corrected chi connectivity index (χ2v) is 6.45. The molecule has 104 valence electrons. The van der Waals surface area contributed by atoms with Crippen LogP contribution in [0, 0.1) is 0 Å². The predicted molar refractivity (Wildman–Crippen MR) is 82.4 cm³/mol. The minimum absolute atomic E-state index is 0.168. The molecular weight excluding hydrogens is 256 g/mol. The molecule has 1 fully saturated rings. The molecule has 1 heterocycles. The van der Waals surface area contributed by atoms with Gasteiger partial charge in [-0.25, -0.2) is 0 Å². The lowest BCUT2D eigenvalue weighted by molar-refractivity contribution is -0.122. The number of thioether (sulfide) groups is 1. The maximum atomic E-state index is 12.0. The third-order valence-corrected chi connectivity index (χ3v) is 4.63. The molecule has 1 aromatic rings. The van der Waals surface area contributed by atoms with Gasteiger partial charge in [-0.15, -0.1) is 0 Å². The van der Waals surface area contributed by atoms with Gasteiger partial charge in [0, 0.05) is 18.2 Å². The number of rotatable bonds is 4. The van der Waals surface area contributed by atoms with Crippen LogP contribution in [0.25, 0.3) is 0 Å². The molecule has 1 unspecified atom stereocenters. The molecular formula is C15H22N2OS. The first-order valence-electron chi connectivity index (χ1n) is 6.87.